The quantitative estimate of drug-likeness (QED) is 0.302. The van der Waals surface area contributed by atoms with Gasteiger partial charge < -0.3 is 4.74 Å². The molecule has 23 heavy (non-hydrogen) atoms. The molecule has 0 radical (unpaired) electrons. The Morgan fingerprint density at radius 1 is 1.43 bits per heavy atom. The number of thioether (sulfide) groups is 1. The summed E-state index contributed by atoms with van der Waals surface area (Å²) < 4.78 is 6.90. The summed E-state index contributed by atoms with van der Waals surface area (Å²) in [5, 5.41) is 1.85. The molecule has 0 aliphatic rings. The lowest BCUT2D eigenvalue weighted by atomic mass is 10.2. The molecule has 2 aromatic rings. The van der Waals surface area contributed by atoms with Crippen molar-refractivity contribution in [1.29, 1.82) is 0 Å². The van der Waals surface area contributed by atoms with Gasteiger partial charge in [-0.3, -0.25) is 9.36 Å². The van der Waals surface area contributed by atoms with Gasteiger partial charge in [-0.25, -0.2) is 4.98 Å². The van der Waals surface area contributed by atoms with E-state index in [0.717, 1.165) is 29.9 Å². The molecule has 0 aliphatic carbocycles. The van der Waals surface area contributed by atoms with E-state index in [2.05, 4.69) is 13.5 Å². The maximum absolute atomic E-state index is 12.8. The van der Waals surface area contributed by atoms with E-state index in [1.807, 2.05) is 30.3 Å². The number of nitrogens with zero attached hydrogens (tertiary/aromatic N) is 2. The predicted octanol–water partition coefficient (Wildman–Crippen LogP) is 3.88. The molecule has 1 aromatic carbocycles. The lowest BCUT2D eigenvalue weighted by Gasteiger charge is -2.16. The van der Waals surface area contributed by atoms with Gasteiger partial charge >= 0.3 is 0 Å². The van der Waals surface area contributed by atoms with Gasteiger partial charge in [-0.2, -0.15) is 0 Å². The minimum Gasteiger partial charge on any atom is -0.385 e. The average Bonchev–Trinajstić information content (AvgIpc) is 2.56. The van der Waals surface area contributed by atoms with Crippen molar-refractivity contribution in [3.05, 3.63) is 47.3 Å². The molecule has 0 unspecified atom stereocenters. The normalized spacial score (nSPS) is 12.4. The molecular weight excluding hydrogens is 308 g/mol. The van der Waals surface area contributed by atoms with Crippen molar-refractivity contribution in [1.82, 2.24) is 9.55 Å². The Kier molecular flexibility index (Phi) is 6.86. The van der Waals surface area contributed by atoms with Crippen molar-refractivity contribution in [2.75, 3.05) is 13.7 Å². The molecule has 0 aliphatic heterocycles. The zero-order valence-corrected chi connectivity index (χ0v) is 14.6. The largest absolute Gasteiger partial charge is 0.385 e. The highest BCUT2D eigenvalue weighted by Gasteiger charge is 2.14. The molecule has 1 atom stereocenters. The van der Waals surface area contributed by atoms with Crippen molar-refractivity contribution in [2.45, 2.75) is 43.1 Å². The number of methoxy groups -OCH3 is 1. The van der Waals surface area contributed by atoms with Gasteiger partial charge in [-0.05, 0) is 31.4 Å². The minimum atomic E-state index is 0.0325. The first kappa shape index (κ1) is 17.8. The van der Waals surface area contributed by atoms with E-state index in [9.17, 15) is 4.79 Å². The first-order valence-corrected chi connectivity index (χ1v) is 8.81. The fraction of sp³-hybridized carbons (Fsp3) is 0.444. The zero-order chi connectivity index (χ0) is 16.7. The lowest BCUT2D eigenvalue weighted by molar-refractivity contribution is 0.189. The maximum Gasteiger partial charge on any atom is 0.262 e. The number of rotatable bonds is 9. The van der Waals surface area contributed by atoms with Gasteiger partial charge in [-0.15, -0.1) is 6.58 Å². The first-order chi connectivity index (χ1) is 11.2. The number of benzene rings is 1. The highest BCUT2D eigenvalue weighted by molar-refractivity contribution is 7.99. The van der Waals surface area contributed by atoms with Crippen LogP contribution in [0.5, 0.6) is 0 Å². The van der Waals surface area contributed by atoms with E-state index in [1.54, 1.807) is 23.4 Å². The van der Waals surface area contributed by atoms with E-state index in [4.69, 9.17) is 9.72 Å². The van der Waals surface area contributed by atoms with Gasteiger partial charge in [0.2, 0.25) is 0 Å². The number of para-hydroxylation sites is 1. The van der Waals surface area contributed by atoms with Crippen molar-refractivity contribution >= 4 is 22.7 Å². The fourth-order valence-electron chi connectivity index (χ4n) is 2.39. The smallest absolute Gasteiger partial charge is 0.262 e. The highest BCUT2D eigenvalue weighted by atomic mass is 32.2. The van der Waals surface area contributed by atoms with Crippen LogP contribution in [0.15, 0.2) is 46.9 Å². The zero-order valence-electron chi connectivity index (χ0n) is 13.8. The van der Waals surface area contributed by atoms with Crippen molar-refractivity contribution in [2.24, 2.45) is 0 Å². The van der Waals surface area contributed by atoms with E-state index in [0.29, 0.717) is 23.8 Å². The number of allylic oxidation sites excluding steroid dienone is 1. The maximum atomic E-state index is 12.8. The van der Waals surface area contributed by atoms with Crippen LogP contribution in [0.2, 0.25) is 0 Å². The molecule has 1 aromatic heterocycles. The molecule has 0 bridgehead atoms. The Morgan fingerprint density at radius 2 is 2.22 bits per heavy atom. The number of aromatic nitrogens is 2. The molecule has 1 heterocycles. The molecule has 2 rings (SSSR count). The molecule has 5 heteroatoms. The number of hydrogen-bond donors (Lipinski definition) is 0. The van der Waals surface area contributed by atoms with Crippen molar-refractivity contribution < 1.29 is 4.74 Å². The summed E-state index contributed by atoms with van der Waals surface area (Å²) in [6, 6.07) is 7.53. The second-order valence-electron chi connectivity index (χ2n) is 5.51. The predicted molar refractivity (Wildman–Crippen MR) is 97.2 cm³/mol. The summed E-state index contributed by atoms with van der Waals surface area (Å²) in [5.41, 5.74) is 0.795. The summed E-state index contributed by atoms with van der Waals surface area (Å²) in [7, 11) is 1.68. The number of hydrogen-bond acceptors (Lipinski definition) is 4. The summed E-state index contributed by atoms with van der Waals surface area (Å²) >= 11 is 1.66. The Bertz CT molecular complexity index is 712. The molecule has 124 valence electrons. The third-order valence-corrected chi connectivity index (χ3v) is 4.80. The second kappa shape index (κ2) is 8.89. The Labute approximate surface area is 141 Å². The third-order valence-electron chi connectivity index (χ3n) is 3.64. The molecule has 0 amide bonds. The summed E-state index contributed by atoms with van der Waals surface area (Å²) in [6.45, 7) is 7.19. The van der Waals surface area contributed by atoms with Crippen LogP contribution in [0.1, 0.15) is 26.2 Å². The van der Waals surface area contributed by atoms with Crippen LogP contribution >= 0.6 is 11.8 Å². The molecule has 0 N–H and O–H groups in total. The fourth-order valence-corrected chi connectivity index (χ4v) is 3.46. The average molecular weight is 332 g/mol. The van der Waals surface area contributed by atoms with Gasteiger partial charge in [0.1, 0.15) is 0 Å². The Morgan fingerprint density at radius 3 is 2.96 bits per heavy atom. The third kappa shape index (κ3) is 4.69. The van der Waals surface area contributed by atoms with E-state index in [1.165, 1.54) is 0 Å². The van der Waals surface area contributed by atoms with Crippen LogP contribution in [0, 0.1) is 0 Å². The van der Waals surface area contributed by atoms with Crippen molar-refractivity contribution in [3.8, 4) is 0 Å². The molecule has 0 fully saturated rings. The highest BCUT2D eigenvalue weighted by Crippen LogP contribution is 2.25. The summed E-state index contributed by atoms with van der Waals surface area (Å²) in [4.78, 5) is 17.5. The molecule has 4 nitrogen and oxygen atoms in total. The Balaban J connectivity index is 2.36. The van der Waals surface area contributed by atoms with E-state index >= 15 is 0 Å². The number of ether oxygens (including phenoxy) is 1. The summed E-state index contributed by atoms with van der Waals surface area (Å²) in [6.07, 6.45) is 4.71. The second-order valence-corrected chi connectivity index (χ2v) is 6.91. The van der Waals surface area contributed by atoms with Gasteiger partial charge in [-0.1, -0.05) is 36.9 Å². The molecule has 0 saturated carbocycles. The Hall–Kier alpha value is -1.59. The van der Waals surface area contributed by atoms with Crippen molar-refractivity contribution in [3.63, 3.8) is 0 Å². The van der Waals surface area contributed by atoms with E-state index < -0.39 is 0 Å². The topological polar surface area (TPSA) is 44.1 Å². The van der Waals surface area contributed by atoms with Gasteiger partial charge in [0.05, 0.1) is 10.9 Å². The van der Waals surface area contributed by atoms with E-state index in [-0.39, 0.29) is 5.56 Å². The van der Waals surface area contributed by atoms with Gasteiger partial charge in [0.25, 0.3) is 5.56 Å². The summed E-state index contributed by atoms with van der Waals surface area (Å²) in [5.74, 6) is 0. The number of fused-ring (bicyclic) bond motifs is 1. The van der Waals surface area contributed by atoms with Crippen LogP contribution in [-0.4, -0.2) is 28.5 Å². The van der Waals surface area contributed by atoms with Crippen LogP contribution in [-0.2, 0) is 11.3 Å². The molecule has 0 spiro atoms. The monoisotopic (exact) mass is 332 g/mol. The first-order valence-electron chi connectivity index (χ1n) is 7.93. The van der Waals surface area contributed by atoms with Crippen LogP contribution < -0.4 is 5.56 Å². The van der Waals surface area contributed by atoms with Crippen LogP contribution in [0.25, 0.3) is 10.9 Å². The standard InChI is InChI=1S/C18H24N2O2S/c1-4-5-9-14(2)23-18-19-16-11-7-6-10-15(16)17(21)20(18)12-8-13-22-3/h4,6-7,10-11,14H,1,5,8-9,12-13H2,2-3H3/t14-/m0/s1. The van der Waals surface area contributed by atoms with Crippen LogP contribution in [0.4, 0.5) is 0 Å². The van der Waals surface area contributed by atoms with Gasteiger partial charge in [0, 0.05) is 25.5 Å². The van der Waals surface area contributed by atoms with Crippen LogP contribution in [0.3, 0.4) is 0 Å². The van der Waals surface area contributed by atoms with Gasteiger partial charge in [0.15, 0.2) is 5.16 Å². The molecule has 0 saturated heterocycles. The molecular formula is C18H24N2O2S. The SMILES string of the molecule is C=CCC[C@H](C)Sc1nc2ccccc2c(=O)n1CCCOC. The lowest BCUT2D eigenvalue weighted by Crippen LogP contribution is -2.24. The minimum absolute atomic E-state index is 0.0325.